The van der Waals surface area contributed by atoms with Crippen LogP contribution in [0.15, 0.2) is 42.7 Å². The summed E-state index contributed by atoms with van der Waals surface area (Å²) >= 11 is 5.92. The minimum atomic E-state index is 0.0392. The standard InChI is InChI=1S/C17H18ClN3O/c1-12-9-19-6-7-21(12)17(22)15-8-14(10-20-11-15)13-2-4-16(18)5-3-13/h2-5,8,10-12,19H,6-7,9H2,1H3/t12-/m0/s1. The van der Waals surface area contributed by atoms with Crippen LogP contribution in [0.2, 0.25) is 5.02 Å². The predicted molar refractivity (Wildman–Crippen MR) is 88.1 cm³/mol. The van der Waals surface area contributed by atoms with Crippen molar-refractivity contribution in [2.45, 2.75) is 13.0 Å². The van der Waals surface area contributed by atoms with E-state index in [0.717, 1.165) is 30.8 Å². The molecule has 3 rings (SSSR count). The van der Waals surface area contributed by atoms with Gasteiger partial charge in [-0.15, -0.1) is 0 Å². The number of carbonyl (C=O) groups excluding carboxylic acids is 1. The van der Waals surface area contributed by atoms with Crippen molar-refractivity contribution in [1.29, 1.82) is 0 Å². The average molecular weight is 316 g/mol. The lowest BCUT2D eigenvalue weighted by Crippen LogP contribution is -2.52. The smallest absolute Gasteiger partial charge is 0.255 e. The molecule has 1 aromatic heterocycles. The van der Waals surface area contributed by atoms with Gasteiger partial charge in [-0.05, 0) is 30.7 Å². The molecule has 1 fully saturated rings. The lowest BCUT2D eigenvalue weighted by molar-refractivity contribution is 0.0655. The molecule has 0 spiro atoms. The van der Waals surface area contributed by atoms with E-state index in [0.29, 0.717) is 10.6 Å². The van der Waals surface area contributed by atoms with Crippen LogP contribution in [-0.2, 0) is 0 Å². The van der Waals surface area contributed by atoms with Crippen molar-refractivity contribution in [3.8, 4) is 11.1 Å². The van der Waals surface area contributed by atoms with Gasteiger partial charge in [-0.1, -0.05) is 23.7 Å². The molecule has 1 amide bonds. The van der Waals surface area contributed by atoms with Gasteiger partial charge >= 0.3 is 0 Å². The van der Waals surface area contributed by atoms with E-state index in [9.17, 15) is 4.79 Å². The highest BCUT2D eigenvalue weighted by atomic mass is 35.5. The van der Waals surface area contributed by atoms with Crippen molar-refractivity contribution in [3.63, 3.8) is 0 Å². The van der Waals surface area contributed by atoms with Crippen molar-refractivity contribution in [2.75, 3.05) is 19.6 Å². The summed E-state index contributed by atoms with van der Waals surface area (Å²) in [6.45, 7) is 4.45. The van der Waals surface area contributed by atoms with Crippen LogP contribution in [0.25, 0.3) is 11.1 Å². The number of nitrogens with zero attached hydrogens (tertiary/aromatic N) is 2. The van der Waals surface area contributed by atoms with E-state index in [4.69, 9.17) is 11.6 Å². The Hall–Kier alpha value is -1.91. The van der Waals surface area contributed by atoms with Gasteiger partial charge in [-0.2, -0.15) is 0 Å². The number of amides is 1. The molecule has 1 atom stereocenters. The number of hydrogen-bond acceptors (Lipinski definition) is 3. The number of rotatable bonds is 2. The molecule has 1 saturated heterocycles. The van der Waals surface area contributed by atoms with Crippen molar-refractivity contribution >= 4 is 17.5 Å². The molecular formula is C17H18ClN3O. The Morgan fingerprint density at radius 1 is 1.27 bits per heavy atom. The van der Waals surface area contributed by atoms with Gasteiger partial charge < -0.3 is 10.2 Å². The van der Waals surface area contributed by atoms with E-state index in [-0.39, 0.29) is 11.9 Å². The first-order valence-electron chi connectivity index (χ1n) is 7.38. The number of hydrogen-bond donors (Lipinski definition) is 1. The number of aromatic nitrogens is 1. The van der Waals surface area contributed by atoms with Crippen LogP contribution in [0.1, 0.15) is 17.3 Å². The summed E-state index contributed by atoms with van der Waals surface area (Å²) in [5.41, 5.74) is 2.55. The zero-order valence-corrected chi connectivity index (χ0v) is 13.2. The summed E-state index contributed by atoms with van der Waals surface area (Å²) in [6.07, 6.45) is 3.40. The van der Waals surface area contributed by atoms with Gasteiger partial charge in [0.2, 0.25) is 0 Å². The Balaban J connectivity index is 1.87. The Morgan fingerprint density at radius 2 is 2.05 bits per heavy atom. The third-order valence-corrected chi connectivity index (χ3v) is 4.18. The van der Waals surface area contributed by atoms with E-state index in [1.807, 2.05) is 35.2 Å². The summed E-state index contributed by atoms with van der Waals surface area (Å²) in [7, 11) is 0. The summed E-state index contributed by atoms with van der Waals surface area (Å²) in [6, 6.07) is 9.63. The maximum absolute atomic E-state index is 12.7. The molecule has 0 unspecified atom stereocenters. The van der Waals surface area contributed by atoms with Crippen LogP contribution in [0.3, 0.4) is 0 Å². The lowest BCUT2D eigenvalue weighted by Gasteiger charge is -2.34. The number of nitrogens with one attached hydrogen (secondary N) is 1. The van der Waals surface area contributed by atoms with Crippen LogP contribution in [-0.4, -0.2) is 41.5 Å². The number of carbonyl (C=O) groups is 1. The number of pyridine rings is 1. The lowest BCUT2D eigenvalue weighted by atomic mass is 10.1. The third kappa shape index (κ3) is 3.13. The first kappa shape index (κ1) is 15.0. The summed E-state index contributed by atoms with van der Waals surface area (Å²) in [4.78, 5) is 18.8. The SMILES string of the molecule is C[C@H]1CNCCN1C(=O)c1cncc(-c2ccc(Cl)cc2)c1. The molecule has 2 aromatic rings. The highest BCUT2D eigenvalue weighted by molar-refractivity contribution is 6.30. The molecule has 5 heteroatoms. The summed E-state index contributed by atoms with van der Waals surface area (Å²) < 4.78 is 0. The van der Waals surface area contributed by atoms with Gasteiger partial charge in [0.1, 0.15) is 0 Å². The van der Waals surface area contributed by atoms with Crippen molar-refractivity contribution < 1.29 is 4.79 Å². The van der Waals surface area contributed by atoms with E-state index in [2.05, 4.69) is 17.2 Å². The Kier molecular flexibility index (Phi) is 4.41. The van der Waals surface area contributed by atoms with Gasteiger partial charge in [-0.25, -0.2) is 0 Å². The molecular weight excluding hydrogens is 298 g/mol. The van der Waals surface area contributed by atoms with Gasteiger partial charge in [0, 0.05) is 48.7 Å². The fraction of sp³-hybridized carbons (Fsp3) is 0.294. The normalized spacial score (nSPS) is 18.3. The minimum Gasteiger partial charge on any atom is -0.333 e. The van der Waals surface area contributed by atoms with Gasteiger partial charge in [-0.3, -0.25) is 9.78 Å². The Bertz CT molecular complexity index is 672. The molecule has 1 aliphatic rings. The molecule has 1 N–H and O–H groups in total. The second-order valence-electron chi connectivity index (χ2n) is 5.52. The van der Waals surface area contributed by atoms with Crippen LogP contribution in [0.4, 0.5) is 0 Å². The molecule has 0 radical (unpaired) electrons. The molecule has 2 heterocycles. The molecule has 0 aliphatic carbocycles. The first-order chi connectivity index (χ1) is 10.6. The van der Waals surface area contributed by atoms with Gasteiger partial charge in [0.25, 0.3) is 5.91 Å². The van der Waals surface area contributed by atoms with E-state index in [1.54, 1.807) is 12.4 Å². The zero-order valence-electron chi connectivity index (χ0n) is 12.4. The van der Waals surface area contributed by atoms with Crippen molar-refractivity contribution in [1.82, 2.24) is 15.2 Å². The number of benzene rings is 1. The molecule has 22 heavy (non-hydrogen) atoms. The maximum atomic E-state index is 12.7. The molecule has 1 aromatic carbocycles. The van der Waals surface area contributed by atoms with E-state index in [1.165, 1.54) is 0 Å². The highest BCUT2D eigenvalue weighted by Crippen LogP contribution is 2.22. The number of piperazine rings is 1. The molecule has 0 bridgehead atoms. The Labute approximate surface area is 135 Å². The second kappa shape index (κ2) is 6.46. The van der Waals surface area contributed by atoms with Crippen molar-refractivity contribution in [3.05, 3.63) is 53.3 Å². The monoisotopic (exact) mass is 315 g/mol. The topological polar surface area (TPSA) is 45.2 Å². The third-order valence-electron chi connectivity index (χ3n) is 3.92. The van der Waals surface area contributed by atoms with E-state index >= 15 is 0 Å². The first-order valence-corrected chi connectivity index (χ1v) is 7.75. The zero-order chi connectivity index (χ0) is 15.5. The second-order valence-corrected chi connectivity index (χ2v) is 5.96. The molecule has 114 valence electrons. The predicted octanol–water partition coefficient (Wildman–Crippen LogP) is 2.84. The van der Waals surface area contributed by atoms with Crippen LogP contribution in [0.5, 0.6) is 0 Å². The van der Waals surface area contributed by atoms with Gasteiger partial charge in [0.05, 0.1) is 5.56 Å². The minimum absolute atomic E-state index is 0.0392. The van der Waals surface area contributed by atoms with Crippen LogP contribution in [0, 0.1) is 0 Å². The Morgan fingerprint density at radius 3 is 2.77 bits per heavy atom. The largest absolute Gasteiger partial charge is 0.333 e. The summed E-state index contributed by atoms with van der Waals surface area (Å²) in [5.74, 6) is 0.0392. The van der Waals surface area contributed by atoms with E-state index < -0.39 is 0 Å². The number of halogens is 1. The van der Waals surface area contributed by atoms with Crippen LogP contribution < -0.4 is 5.32 Å². The summed E-state index contributed by atoms with van der Waals surface area (Å²) in [5, 5.41) is 3.98. The average Bonchev–Trinajstić information content (AvgIpc) is 2.55. The highest BCUT2D eigenvalue weighted by Gasteiger charge is 2.24. The van der Waals surface area contributed by atoms with Gasteiger partial charge in [0.15, 0.2) is 0 Å². The molecule has 0 saturated carbocycles. The maximum Gasteiger partial charge on any atom is 0.255 e. The fourth-order valence-corrected chi connectivity index (χ4v) is 2.79. The quantitative estimate of drug-likeness (QED) is 0.927. The van der Waals surface area contributed by atoms with Crippen molar-refractivity contribution in [2.24, 2.45) is 0 Å². The molecule has 4 nitrogen and oxygen atoms in total. The fourth-order valence-electron chi connectivity index (χ4n) is 2.67. The molecule has 1 aliphatic heterocycles. The van der Waals surface area contributed by atoms with Crippen LogP contribution >= 0.6 is 11.6 Å².